The third-order valence-electron chi connectivity index (χ3n) is 4.24. The van der Waals surface area contributed by atoms with Crippen LogP contribution in [0.4, 0.5) is 11.4 Å². The number of amides is 2. The summed E-state index contributed by atoms with van der Waals surface area (Å²) in [5.41, 5.74) is 3.40. The highest BCUT2D eigenvalue weighted by atomic mass is 16.2. The molecule has 4 heteroatoms. The van der Waals surface area contributed by atoms with Crippen LogP contribution in [0, 0.1) is 0 Å². The van der Waals surface area contributed by atoms with E-state index >= 15 is 0 Å². The quantitative estimate of drug-likeness (QED) is 0.904. The number of rotatable bonds is 5. The van der Waals surface area contributed by atoms with Crippen LogP contribution >= 0.6 is 0 Å². The molecule has 1 aliphatic heterocycles. The molecule has 0 unspecified atom stereocenters. The summed E-state index contributed by atoms with van der Waals surface area (Å²) in [5, 5.41) is 2.91. The Hall–Kier alpha value is -2.62. The van der Waals surface area contributed by atoms with Crippen LogP contribution in [0.25, 0.3) is 0 Å². The van der Waals surface area contributed by atoms with Gasteiger partial charge in [0.2, 0.25) is 5.91 Å². The normalized spacial score (nSPS) is 14.0. The number of carbonyl (C=O) groups is 2. The van der Waals surface area contributed by atoms with Gasteiger partial charge in [0, 0.05) is 29.9 Å². The van der Waals surface area contributed by atoms with Crippen LogP contribution in [0.2, 0.25) is 0 Å². The third-order valence-corrected chi connectivity index (χ3v) is 4.24. The molecule has 0 saturated carbocycles. The zero-order chi connectivity index (χ0) is 16.9. The lowest BCUT2D eigenvalue weighted by Gasteiger charge is -2.16. The molecular formula is C20H22N2O2. The zero-order valence-electron chi connectivity index (χ0n) is 13.9. The standard InChI is InChI=1S/C20H22N2O2/c1-2-5-15-9-11-17(12-10-15)21-20(24)16-6-3-7-18(14-16)22-13-4-8-19(22)23/h3,6-7,9-12,14H,2,4-5,8,13H2,1H3,(H,21,24). The van der Waals surface area contributed by atoms with Crippen LogP contribution in [0.3, 0.4) is 0 Å². The molecule has 4 nitrogen and oxygen atoms in total. The lowest BCUT2D eigenvalue weighted by molar-refractivity contribution is -0.117. The molecule has 1 N–H and O–H groups in total. The molecule has 1 fully saturated rings. The van der Waals surface area contributed by atoms with Crippen molar-refractivity contribution in [2.45, 2.75) is 32.6 Å². The van der Waals surface area contributed by atoms with Gasteiger partial charge >= 0.3 is 0 Å². The molecule has 1 aliphatic rings. The summed E-state index contributed by atoms with van der Waals surface area (Å²) < 4.78 is 0. The van der Waals surface area contributed by atoms with Gasteiger partial charge in [-0.1, -0.05) is 31.5 Å². The van der Waals surface area contributed by atoms with E-state index in [1.54, 1.807) is 17.0 Å². The van der Waals surface area contributed by atoms with Crippen molar-refractivity contribution in [1.82, 2.24) is 0 Å². The molecule has 0 bridgehead atoms. The van der Waals surface area contributed by atoms with Crippen molar-refractivity contribution in [1.29, 1.82) is 0 Å². The average molecular weight is 322 g/mol. The molecule has 0 aliphatic carbocycles. The topological polar surface area (TPSA) is 49.4 Å². The highest BCUT2D eigenvalue weighted by Crippen LogP contribution is 2.23. The Morgan fingerprint density at radius 3 is 2.62 bits per heavy atom. The summed E-state index contributed by atoms with van der Waals surface area (Å²) >= 11 is 0. The van der Waals surface area contributed by atoms with E-state index in [2.05, 4.69) is 12.2 Å². The van der Waals surface area contributed by atoms with Crippen LogP contribution in [0.15, 0.2) is 48.5 Å². The van der Waals surface area contributed by atoms with E-state index < -0.39 is 0 Å². The van der Waals surface area contributed by atoms with Crippen LogP contribution in [0.1, 0.15) is 42.1 Å². The third kappa shape index (κ3) is 3.65. The SMILES string of the molecule is CCCc1ccc(NC(=O)c2cccc(N3CCCC3=O)c2)cc1. The monoisotopic (exact) mass is 322 g/mol. The lowest BCUT2D eigenvalue weighted by atomic mass is 10.1. The Bertz CT molecular complexity index is 738. The minimum absolute atomic E-state index is 0.124. The van der Waals surface area contributed by atoms with Gasteiger partial charge in [0.15, 0.2) is 0 Å². The van der Waals surface area contributed by atoms with Gasteiger partial charge in [-0.2, -0.15) is 0 Å². The van der Waals surface area contributed by atoms with Gasteiger partial charge in [-0.25, -0.2) is 0 Å². The van der Waals surface area contributed by atoms with Gasteiger partial charge in [0.25, 0.3) is 5.91 Å². The number of hydrogen-bond donors (Lipinski definition) is 1. The first kappa shape index (κ1) is 16.2. The van der Waals surface area contributed by atoms with Crippen molar-refractivity contribution < 1.29 is 9.59 Å². The van der Waals surface area contributed by atoms with E-state index in [0.29, 0.717) is 12.0 Å². The number of nitrogens with one attached hydrogen (secondary N) is 1. The summed E-state index contributed by atoms with van der Waals surface area (Å²) in [5.74, 6) is -0.0363. The average Bonchev–Trinajstić information content (AvgIpc) is 3.03. The van der Waals surface area contributed by atoms with E-state index in [1.165, 1.54) is 5.56 Å². The van der Waals surface area contributed by atoms with Crippen LogP contribution in [-0.4, -0.2) is 18.4 Å². The fourth-order valence-electron chi connectivity index (χ4n) is 2.98. The van der Waals surface area contributed by atoms with Crippen molar-refractivity contribution in [3.8, 4) is 0 Å². The predicted octanol–water partition coefficient (Wildman–Crippen LogP) is 4.02. The number of benzene rings is 2. The van der Waals surface area contributed by atoms with E-state index in [0.717, 1.165) is 37.2 Å². The Labute approximate surface area is 142 Å². The molecule has 0 aromatic heterocycles. The maximum atomic E-state index is 12.5. The van der Waals surface area contributed by atoms with E-state index in [9.17, 15) is 9.59 Å². The van der Waals surface area contributed by atoms with E-state index in [4.69, 9.17) is 0 Å². The molecular weight excluding hydrogens is 300 g/mol. The largest absolute Gasteiger partial charge is 0.322 e. The molecule has 1 saturated heterocycles. The van der Waals surface area contributed by atoms with Crippen molar-refractivity contribution in [3.63, 3.8) is 0 Å². The van der Waals surface area contributed by atoms with Gasteiger partial charge < -0.3 is 10.2 Å². The molecule has 2 aromatic carbocycles. The summed E-state index contributed by atoms with van der Waals surface area (Å²) in [4.78, 5) is 26.1. The van der Waals surface area contributed by atoms with E-state index in [-0.39, 0.29) is 11.8 Å². The minimum Gasteiger partial charge on any atom is -0.322 e. The first-order valence-electron chi connectivity index (χ1n) is 8.48. The summed E-state index contributed by atoms with van der Waals surface area (Å²) in [7, 11) is 0. The molecule has 0 radical (unpaired) electrons. The Morgan fingerprint density at radius 2 is 1.96 bits per heavy atom. The Balaban J connectivity index is 1.71. The molecule has 1 heterocycles. The smallest absolute Gasteiger partial charge is 0.255 e. The Morgan fingerprint density at radius 1 is 1.17 bits per heavy atom. The van der Waals surface area contributed by atoms with Gasteiger partial charge in [0.1, 0.15) is 0 Å². The molecule has 0 spiro atoms. The number of hydrogen-bond acceptors (Lipinski definition) is 2. The number of aryl methyl sites for hydroxylation is 1. The zero-order valence-corrected chi connectivity index (χ0v) is 13.9. The number of anilines is 2. The van der Waals surface area contributed by atoms with Gasteiger partial charge in [0.05, 0.1) is 0 Å². The van der Waals surface area contributed by atoms with Crippen LogP contribution in [-0.2, 0) is 11.2 Å². The Kier molecular flexibility index (Phi) is 4.94. The summed E-state index contributed by atoms with van der Waals surface area (Å²) in [6.45, 7) is 2.87. The second-order valence-corrected chi connectivity index (χ2v) is 6.10. The summed E-state index contributed by atoms with van der Waals surface area (Å²) in [6, 6.07) is 15.2. The van der Waals surface area contributed by atoms with Gasteiger partial charge in [-0.15, -0.1) is 0 Å². The second kappa shape index (κ2) is 7.30. The fourth-order valence-corrected chi connectivity index (χ4v) is 2.98. The summed E-state index contributed by atoms with van der Waals surface area (Å²) in [6.07, 6.45) is 3.60. The first-order valence-corrected chi connectivity index (χ1v) is 8.48. The minimum atomic E-state index is -0.160. The molecule has 124 valence electrons. The highest BCUT2D eigenvalue weighted by molar-refractivity contribution is 6.05. The number of carbonyl (C=O) groups excluding carboxylic acids is 2. The van der Waals surface area contributed by atoms with Crippen molar-refractivity contribution in [2.75, 3.05) is 16.8 Å². The van der Waals surface area contributed by atoms with Crippen LogP contribution < -0.4 is 10.2 Å². The molecule has 2 amide bonds. The van der Waals surface area contributed by atoms with Crippen molar-refractivity contribution in [2.24, 2.45) is 0 Å². The molecule has 0 atom stereocenters. The predicted molar refractivity (Wildman–Crippen MR) is 96.4 cm³/mol. The fraction of sp³-hybridized carbons (Fsp3) is 0.300. The second-order valence-electron chi connectivity index (χ2n) is 6.10. The maximum absolute atomic E-state index is 12.5. The van der Waals surface area contributed by atoms with E-state index in [1.807, 2.05) is 36.4 Å². The van der Waals surface area contributed by atoms with Gasteiger partial charge in [-0.05, 0) is 48.7 Å². The molecule has 2 aromatic rings. The first-order chi connectivity index (χ1) is 11.7. The maximum Gasteiger partial charge on any atom is 0.255 e. The van der Waals surface area contributed by atoms with Crippen LogP contribution in [0.5, 0.6) is 0 Å². The van der Waals surface area contributed by atoms with Crippen molar-refractivity contribution >= 4 is 23.2 Å². The van der Waals surface area contributed by atoms with Gasteiger partial charge in [-0.3, -0.25) is 9.59 Å². The number of nitrogens with zero attached hydrogens (tertiary/aromatic N) is 1. The lowest BCUT2D eigenvalue weighted by Crippen LogP contribution is -2.24. The highest BCUT2D eigenvalue weighted by Gasteiger charge is 2.22. The molecule has 24 heavy (non-hydrogen) atoms. The molecule has 3 rings (SSSR count). The van der Waals surface area contributed by atoms with Crippen molar-refractivity contribution in [3.05, 3.63) is 59.7 Å².